The number of rotatable bonds is 6. The lowest BCUT2D eigenvalue weighted by molar-refractivity contribution is -0.134. The average Bonchev–Trinajstić information content (AvgIpc) is 2.66. The van der Waals surface area contributed by atoms with Crippen LogP contribution in [-0.2, 0) is 14.4 Å². The molecule has 0 saturated heterocycles. The van der Waals surface area contributed by atoms with Crippen molar-refractivity contribution in [1.82, 2.24) is 5.32 Å². The van der Waals surface area contributed by atoms with Crippen molar-refractivity contribution in [2.24, 2.45) is 11.7 Å². The third-order valence-electron chi connectivity index (χ3n) is 4.15. The zero-order chi connectivity index (χ0) is 19.4. The lowest BCUT2D eigenvalue weighted by Crippen LogP contribution is -2.37. The number of carboxylic acids is 2. The maximum atomic E-state index is 11.6. The molecule has 1 aromatic carbocycles. The molecule has 1 saturated carbocycles. The molecular formula is C19H26N2O5. The minimum absolute atomic E-state index is 0.0607. The predicted octanol–water partition coefficient (Wildman–Crippen LogP) is 2.09. The molecule has 1 aromatic rings. The van der Waals surface area contributed by atoms with Crippen molar-refractivity contribution < 1.29 is 24.6 Å². The standard InChI is InChI=1S/C15H22N2O.C4H4O4/c16-11-14(18)17-15(12-7-3-1-4-8-12)13-9-5-2-6-10-13;5-3(6)1-2-4(7)8/h1,3-4,7-8,13,15H,2,5-6,9-11,16H2,(H,17,18);1-2H,(H,5,6)(H,7,8)/b;2-1-. The van der Waals surface area contributed by atoms with Gasteiger partial charge in [-0.2, -0.15) is 0 Å². The van der Waals surface area contributed by atoms with Crippen LogP contribution in [0.5, 0.6) is 0 Å². The Hall–Kier alpha value is -2.67. The zero-order valence-electron chi connectivity index (χ0n) is 14.6. The second-order valence-electron chi connectivity index (χ2n) is 6.07. The van der Waals surface area contributed by atoms with E-state index in [1.807, 2.05) is 18.2 Å². The summed E-state index contributed by atoms with van der Waals surface area (Å²) in [6.45, 7) is 0.0655. The molecule has 1 amide bonds. The molecule has 1 aliphatic carbocycles. The predicted molar refractivity (Wildman–Crippen MR) is 97.4 cm³/mol. The first-order valence-electron chi connectivity index (χ1n) is 8.62. The van der Waals surface area contributed by atoms with Crippen LogP contribution in [0.1, 0.15) is 43.7 Å². The SMILES string of the molecule is NCC(=O)NC(c1ccccc1)C1CCCCC1.O=C(O)/C=C\C(=O)O. The Morgan fingerprint density at radius 2 is 1.58 bits per heavy atom. The number of benzene rings is 1. The second-order valence-corrected chi connectivity index (χ2v) is 6.07. The molecule has 0 aromatic heterocycles. The Kier molecular flexibility index (Phi) is 9.71. The van der Waals surface area contributed by atoms with E-state index < -0.39 is 11.9 Å². The fraction of sp³-hybridized carbons (Fsp3) is 0.421. The maximum Gasteiger partial charge on any atom is 0.328 e. The van der Waals surface area contributed by atoms with Crippen molar-refractivity contribution in [1.29, 1.82) is 0 Å². The fourth-order valence-electron chi connectivity index (χ4n) is 2.98. The van der Waals surface area contributed by atoms with Crippen molar-refractivity contribution in [3.63, 3.8) is 0 Å². The number of amides is 1. The molecule has 0 bridgehead atoms. The van der Waals surface area contributed by atoms with Crippen molar-refractivity contribution in [3.05, 3.63) is 48.0 Å². The van der Waals surface area contributed by atoms with Gasteiger partial charge in [0.1, 0.15) is 0 Å². The van der Waals surface area contributed by atoms with Gasteiger partial charge < -0.3 is 21.3 Å². The summed E-state index contributed by atoms with van der Waals surface area (Å²) in [6, 6.07) is 10.4. The highest BCUT2D eigenvalue weighted by atomic mass is 16.4. The third kappa shape index (κ3) is 8.43. The molecule has 0 aliphatic heterocycles. The summed E-state index contributed by atoms with van der Waals surface area (Å²) >= 11 is 0. The zero-order valence-corrected chi connectivity index (χ0v) is 14.6. The summed E-state index contributed by atoms with van der Waals surface area (Å²) < 4.78 is 0. The minimum Gasteiger partial charge on any atom is -0.478 e. The van der Waals surface area contributed by atoms with Gasteiger partial charge in [-0.1, -0.05) is 49.6 Å². The van der Waals surface area contributed by atoms with Gasteiger partial charge in [0.05, 0.1) is 12.6 Å². The van der Waals surface area contributed by atoms with Gasteiger partial charge >= 0.3 is 11.9 Å². The van der Waals surface area contributed by atoms with Crippen molar-refractivity contribution in [3.8, 4) is 0 Å². The lowest BCUT2D eigenvalue weighted by Gasteiger charge is -2.31. The van der Waals surface area contributed by atoms with Crippen LogP contribution in [0.25, 0.3) is 0 Å². The summed E-state index contributed by atoms with van der Waals surface area (Å²) in [7, 11) is 0. The van der Waals surface area contributed by atoms with Crippen LogP contribution in [-0.4, -0.2) is 34.6 Å². The van der Waals surface area contributed by atoms with Crippen LogP contribution in [0.15, 0.2) is 42.5 Å². The van der Waals surface area contributed by atoms with Gasteiger partial charge in [0.15, 0.2) is 0 Å². The molecule has 5 N–H and O–H groups in total. The van der Waals surface area contributed by atoms with Crippen molar-refractivity contribution >= 4 is 17.8 Å². The molecule has 0 heterocycles. The smallest absolute Gasteiger partial charge is 0.328 e. The molecule has 1 atom stereocenters. The Morgan fingerprint density at radius 1 is 1.04 bits per heavy atom. The quantitative estimate of drug-likeness (QED) is 0.573. The van der Waals surface area contributed by atoms with Gasteiger partial charge in [-0.15, -0.1) is 0 Å². The number of carbonyl (C=O) groups is 3. The monoisotopic (exact) mass is 362 g/mol. The summed E-state index contributed by atoms with van der Waals surface area (Å²) in [5.41, 5.74) is 6.62. The molecule has 1 aliphatic rings. The Labute approximate surface area is 152 Å². The largest absolute Gasteiger partial charge is 0.478 e. The average molecular weight is 362 g/mol. The van der Waals surface area contributed by atoms with Gasteiger partial charge in [0.2, 0.25) is 5.91 Å². The Bertz CT molecular complexity index is 594. The summed E-state index contributed by atoms with van der Waals surface area (Å²) in [4.78, 5) is 30.7. The number of carbonyl (C=O) groups excluding carboxylic acids is 1. The highest BCUT2D eigenvalue weighted by Crippen LogP contribution is 2.34. The molecule has 26 heavy (non-hydrogen) atoms. The van der Waals surface area contributed by atoms with Crippen LogP contribution < -0.4 is 11.1 Å². The van der Waals surface area contributed by atoms with E-state index in [1.54, 1.807) is 0 Å². The molecule has 1 fully saturated rings. The van der Waals surface area contributed by atoms with Crippen LogP contribution in [0, 0.1) is 5.92 Å². The van der Waals surface area contributed by atoms with Crippen LogP contribution in [0.3, 0.4) is 0 Å². The maximum absolute atomic E-state index is 11.6. The number of hydrogen-bond donors (Lipinski definition) is 4. The number of aliphatic carboxylic acids is 2. The van der Waals surface area contributed by atoms with E-state index >= 15 is 0 Å². The summed E-state index contributed by atoms with van der Waals surface area (Å²) in [6.07, 6.45) is 7.38. The van der Waals surface area contributed by atoms with E-state index in [4.69, 9.17) is 15.9 Å². The first kappa shape index (κ1) is 21.4. The van der Waals surface area contributed by atoms with Gasteiger partial charge in [0, 0.05) is 12.2 Å². The number of carboxylic acid groups (broad SMARTS) is 2. The minimum atomic E-state index is -1.26. The van der Waals surface area contributed by atoms with Gasteiger partial charge in [-0.05, 0) is 24.3 Å². The normalized spacial score (nSPS) is 15.6. The van der Waals surface area contributed by atoms with E-state index in [0.29, 0.717) is 18.1 Å². The second kappa shape index (κ2) is 11.8. The first-order valence-corrected chi connectivity index (χ1v) is 8.62. The first-order chi connectivity index (χ1) is 12.4. The Balaban J connectivity index is 0.000000359. The molecule has 1 unspecified atom stereocenters. The third-order valence-corrected chi connectivity index (χ3v) is 4.15. The summed E-state index contributed by atoms with van der Waals surface area (Å²) in [5, 5.41) is 18.7. The van der Waals surface area contributed by atoms with E-state index in [1.165, 1.54) is 37.7 Å². The highest BCUT2D eigenvalue weighted by molar-refractivity contribution is 5.89. The summed E-state index contributed by atoms with van der Waals surface area (Å²) in [5.74, 6) is -2.02. The van der Waals surface area contributed by atoms with E-state index in [-0.39, 0.29) is 18.5 Å². The lowest BCUT2D eigenvalue weighted by atomic mass is 9.81. The molecule has 7 heteroatoms. The van der Waals surface area contributed by atoms with Crippen molar-refractivity contribution in [2.75, 3.05) is 6.54 Å². The van der Waals surface area contributed by atoms with Gasteiger partial charge in [-0.25, -0.2) is 9.59 Å². The Morgan fingerprint density at radius 3 is 2.04 bits per heavy atom. The van der Waals surface area contributed by atoms with Crippen LogP contribution >= 0.6 is 0 Å². The number of nitrogens with one attached hydrogen (secondary N) is 1. The van der Waals surface area contributed by atoms with Crippen LogP contribution in [0.4, 0.5) is 0 Å². The van der Waals surface area contributed by atoms with E-state index in [0.717, 1.165) is 0 Å². The fourth-order valence-corrected chi connectivity index (χ4v) is 2.98. The van der Waals surface area contributed by atoms with E-state index in [2.05, 4.69) is 17.4 Å². The molecule has 0 radical (unpaired) electrons. The molecule has 2 rings (SSSR count). The topological polar surface area (TPSA) is 130 Å². The molecule has 0 spiro atoms. The van der Waals surface area contributed by atoms with Gasteiger partial charge in [0.25, 0.3) is 0 Å². The van der Waals surface area contributed by atoms with Crippen LogP contribution in [0.2, 0.25) is 0 Å². The number of nitrogens with two attached hydrogens (primary N) is 1. The highest BCUT2D eigenvalue weighted by Gasteiger charge is 2.25. The van der Waals surface area contributed by atoms with Gasteiger partial charge in [-0.3, -0.25) is 4.79 Å². The molecule has 142 valence electrons. The number of hydrogen-bond acceptors (Lipinski definition) is 4. The van der Waals surface area contributed by atoms with Crippen molar-refractivity contribution in [2.45, 2.75) is 38.1 Å². The molecule has 7 nitrogen and oxygen atoms in total. The van der Waals surface area contributed by atoms with E-state index in [9.17, 15) is 14.4 Å². The molecular weight excluding hydrogens is 336 g/mol.